The molecule has 1 fully saturated rings. The van der Waals surface area contributed by atoms with Crippen molar-refractivity contribution < 1.29 is 18.7 Å². The van der Waals surface area contributed by atoms with Crippen LogP contribution in [0, 0.1) is 5.82 Å². The highest BCUT2D eigenvalue weighted by atomic mass is 32.1. The van der Waals surface area contributed by atoms with Crippen molar-refractivity contribution in [3.63, 3.8) is 0 Å². The van der Waals surface area contributed by atoms with Crippen molar-refractivity contribution in [3.05, 3.63) is 72.2 Å². The van der Waals surface area contributed by atoms with Crippen LogP contribution in [-0.2, 0) is 4.79 Å². The quantitative estimate of drug-likeness (QED) is 0.468. The van der Waals surface area contributed by atoms with Crippen LogP contribution in [-0.4, -0.2) is 24.7 Å². The maximum Gasteiger partial charge on any atom is 0.281 e. The Labute approximate surface area is 161 Å². The predicted octanol–water partition coefficient (Wildman–Crippen LogP) is 3.66. The fourth-order valence-corrected chi connectivity index (χ4v) is 2.89. The van der Waals surface area contributed by atoms with Crippen LogP contribution in [0.25, 0.3) is 6.08 Å². The van der Waals surface area contributed by atoms with Gasteiger partial charge in [0.1, 0.15) is 18.1 Å². The second-order valence-corrected chi connectivity index (χ2v) is 5.98. The molecule has 5 nitrogen and oxygen atoms in total. The molecule has 1 aliphatic rings. The number of hydrogen-bond donors (Lipinski definition) is 1. The third-order valence-corrected chi connectivity index (χ3v) is 4.11. The summed E-state index contributed by atoms with van der Waals surface area (Å²) in [6.45, 7) is 3.96. The zero-order valence-electron chi connectivity index (χ0n) is 14.6. The van der Waals surface area contributed by atoms with Gasteiger partial charge in [0.2, 0.25) is 0 Å². The summed E-state index contributed by atoms with van der Waals surface area (Å²) in [7, 11) is 1.53. The smallest absolute Gasteiger partial charge is 0.281 e. The highest BCUT2D eigenvalue weighted by molar-refractivity contribution is 7.80. The Balaban J connectivity index is 1.90. The number of benzene rings is 2. The van der Waals surface area contributed by atoms with Gasteiger partial charge in [-0.2, -0.15) is 0 Å². The molecule has 1 heterocycles. The fourth-order valence-electron chi connectivity index (χ4n) is 2.60. The van der Waals surface area contributed by atoms with E-state index >= 15 is 0 Å². The van der Waals surface area contributed by atoms with Crippen LogP contribution in [0.3, 0.4) is 0 Å². The van der Waals surface area contributed by atoms with Crippen molar-refractivity contribution in [2.75, 3.05) is 18.6 Å². The minimum atomic E-state index is -0.526. The lowest BCUT2D eigenvalue weighted by atomic mass is 10.1. The summed E-state index contributed by atoms with van der Waals surface area (Å²) in [5.74, 6) is 0.122. The van der Waals surface area contributed by atoms with Gasteiger partial charge < -0.3 is 14.8 Å². The highest BCUT2D eigenvalue weighted by Crippen LogP contribution is 2.30. The number of nitrogens with zero attached hydrogens (tertiary/aromatic N) is 1. The highest BCUT2D eigenvalue weighted by Gasteiger charge is 2.33. The summed E-state index contributed by atoms with van der Waals surface area (Å²) in [4.78, 5) is 13.8. The Morgan fingerprint density at radius 2 is 2.04 bits per heavy atom. The Hall–Kier alpha value is -3.19. The van der Waals surface area contributed by atoms with Crippen molar-refractivity contribution in [1.29, 1.82) is 0 Å². The van der Waals surface area contributed by atoms with E-state index in [0.29, 0.717) is 23.7 Å². The molecule has 1 saturated heterocycles. The third kappa shape index (κ3) is 3.83. The van der Waals surface area contributed by atoms with Crippen molar-refractivity contribution in [3.8, 4) is 11.5 Å². The molecule has 0 radical (unpaired) electrons. The molecule has 3 rings (SSSR count). The number of carbonyl (C=O) groups is 1. The van der Waals surface area contributed by atoms with Gasteiger partial charge in [-0.25, -0.2) is 9.29 Å². The van der Waals surface area contributed by atoms with Gasteiger partial charge in [0.05, 0.1) is 12.8 Å². The molecule has 0 aliphatic carbocycles. The first-order valence-electron chi connectivity index (χ1n) is 8.08. The lowest BCUT2D eigenvalue weighted by Crippen LogP contribution is -2.31. The van der Waals surface area contributed by atoms with Crippen LogP contribution >= 0.6 is 12.2 Å². The maximum atomic E-state index is 14.0. The van der Waals surface area contributed by atoms with Crippen LogP contribution in [0.5, 0.6) is 11.5 Å². The molecule has 0 saturated carbocycles. The molecule has 1 amide bonds. The number of halogens is 1. The largest absolute Gasteiger partial charge is 0.493 e. The maximum absolute atomic E-state index is 14.0. The number of methoxy groups -OCH3 is 1. The van der Waals surface area contributed by atoms with Crippen LogP contribution in [0.15, 0.2) is 60.8 Å². The number of amides is 1. The Morgan fingerprint density at radius 3 is 2.74 bits per heavy atom. The molecule has 2 aromatic rings. The van der Waals surface area contributed by atoms with Gasteiger partial charge in [-0.1, -0.05) is 30.9 Å². The number of hydrogen-bond acceptors (Lipinski definition) is 4. The number of rotatable bonds is 6. The van der Waals surface area contributed by atoms with Gasteiger partial charge in [0.25, 0.3) is 5.91 Å². The number of nitrogens with one attached hydrogen (secondary N) is 1. The molecule has 2 aromatic carbocycles. The first-order valence-corrected chi connectivity index (χ1v) is 8.49. The SMILES string of the molecule is C=CCOc1ccc(/C=C2\NC(=S)N(c3ccccc3F)C2=O)cc1OC. The van der Waals surface area contributed by atoms with E-state index in [2.05, 4.69) is 11.9 Å². The molecule has 0 aromatic heterocycles. The minimum absolute atomic E-state index is 0.106. The van der Waals surface area contributed by atoms with E-state index in [9.17, 15) is 9.18 Å². The van der Waals surface area contributed by atoms with E-state index in [4.69, 9.17) is 21.7 Å². The molecule has 0 spiro atoms. The molecule has 1 aliphatic heterocycles. The second-order valence-electron chi connectivity index (χ2n) is 5.59. The first-order chi connectivity index (χ1) is 13.0. The summed E-state index contributed by atoms with van der Waals surface area (Å²) >= 11 is 5.20. The number of thiocarbonyl (C=S) groups is 1. The molecule has 0 atom stereocenters. The van der Waals surface area contributed by atoms with Gasteiger partial charge in [0, 0.05) is 0 Å². The standard InChI is InChI=1S/C20H17FN2O3S/c1-3-10-26-17-9-8-13(12-18(17)25-2)11-15-19(24)23(20(27)22-15)16-7-5-4-6-14(16)21/h3-9,11-12H,1,10H2,2H3,(H,22,27)/b15-11-. The van der Waals surface area contributed by atoms with Gasteiger partial charge in [-0.15, -0.1) is 0 Å². The summed E-state index contributed by atoms with van der Waals surface area (Å²) in [6, 6.07) is 11.2. The average molecular weight is 384 g/mol. The molecule has 7 heteroatoms. The van der Waals surface area contributed by atoms with E-state index in [1.54, 1.807) is 42.5 Å². The Morgan fingerprint density at radius 1 is 1.26 bits per heavy atom. The topological polar surface area (TPSA) is 50.8 Å². The number of carbonyl (C=O) groups excluding carboxylic acids is 1. The van der Waals surface area contributed by atoms with Crippen molar-refractivity contribution >= 4 is 35.0 Å². The summed E-state index contributed by atoms with van der Waals surface area (Å²) < 4.78 is 24.9. The van der Waals surface area contributed by atoms with Crippen LogP contribution in [0.2, 0.25) is 0 Å². The molecular formula is C20H17FN2O3S. The van der Waals surface area contributed by atoms with Gasteiger partial charge in [-0.05, 0) is 48.1 Å². The van der Waals surface area contributed by atoms with E-state index in [1.807, 2.05) is 0 Å². The first kappa shape index (κ1) is 18.6. The number of para-hydroxylation sites is 1. The fraction of sp³-hybridized carbons (Fsp3) is 0.100. The Bertz CT molecular complexity index is 943. The van der Waals surface area contributed by atoms with Crippen molar-refractivity contribution in [2.24, 2.45) is 0 Å². The third-order valence-electron chi connectivity index (χ3n) is 3.83. The normalized spacial score (nSPS) is 15.0. The monoisotopic (exact) mass is 384 g/mol. The van der Waals surface area contributed by atoms with E-state index in [-0.39, 0.29) is 16.5 Å². The summed E-state index contributed by atoms with van der Waals surface area (Å²) in [5.41, 5.74) is 1.05. The van der Waals surface area contributed by atoms with Crippen molar-refractivity contribution in [1.82, 2.24) is 5.32 Å². The summed E-state index contributed by atoms with van der Waals surface area (Å²) in [6.07, 6.45) is 3.25. The minimum Gasteiger partial charge on any atom is -0.493 e. The molecule has 1 N–H and O–H groups in total. The molecule has 27 heavy (non-hydrogen) atoms. The van der Waals surface area contributed by atoms with Crippen LogP contribution in [0.4, 0.5) is 10.1 Å². The summed E-state index contributed by atoms with van der Waals surface area (Å²) in [5, 5.41) is 2.95. The van der Waals surface area contributed by atoms with E-state index in [1.165, 1.54) is 19.2 Å². The van der Waals surface area contributed by atoms with E-state index < -0.39 is 11.7 Å². The lowest BCUT2D eigenvalue weighted by Gasteiger charge is -2.14. The van der Waals surface area contributed by atoms with Gasteiger partial charge in [0.15, 0.2) is 16.6 Å². The van der Waals surface area contributed by atoms with Gasteiger partial charge in [-0.3, -0.25) is 4.79 Å². The van der Waals surface area contributed by atoms with Crippen LogP contribution < -0.4 is 19.7 Å². The number of anilines is 1. The predicted molar refractivity (Wildman–Crippen MR) is 106 cm³/mol. The lowest BCUT2D eigenvalue weighted by molar-refractivity contribution is -0.113. The average Bonchev–Trinajstić information content (AvgIpc) is 2.94. The van der Waals surface area contributed by atoms with E-state index in [0.717, 1.165) is 4.90 Å². The van der Waals surface area contributed by atoms with Crippen LogP contribution in [0.1, 0.15) is 5.56 Å². The zero-order chi connectivity index (χ0) is 19.4. The molecular weight excluding hydrogens is 367 g/mol. The number of ether oxygens (including phenoxy) is 2. The molecule has 0 unspecified atom stereocenters. The Kier molecular flexibility index (Phi) is 5.52. The van der Waals surface area contributed by atoms with Crippen molar-refractivity contribution in [2.45, 2.75) is 0 Å². The molecule has 138 valence electrons. The zero-order valence-corrected chi connectivity index (χ0v) is 15.4. The van der Waals surface area contributed by atoms with Gasteiger partial charge >= 0.3 is 0 Å². The second kappa shape index (κ2) is 8.01. The molecule has 0 bridgehead atoms.